The predicted octanol–water partition coefficient (Wildman–Crippen LogP) is 2.26. The Hall–Kier alpha value is -1.27. The lowest BCUT2D eigenvalue weighted by molar-refractivity contribution is -0.133. The summed E-state index contributed by atoms with van der Waals surface area (Å²) in [4.78, 5) is 13.9. The fraction of sp³-hybridized carbons (Fsp3) is 0.533. The number of carbonyl (C=O) groups excluding carboxylic acids is 1. The van der Waals surface area contributed by atoms with E-state index in [9.17, 15) is 9.18 Å². The van der Waals surface area contributed by atoms with Crippen LogP contribution >= 0.6 is 11.8 Å². The zero-order valence-corrected chi connectivity index (χ0v) is 13.6. The maximum atomic E-state index is 13.7. The second-order valence-corrected chi connectivity index (χ2v) is 5.69. The van der Waals surface area contributed by atoms with Crippen LogP contribution in [0.4, 0.5) is 4.39 Å². The summed E-state index contributed by atoms with van der Waals surface area (Å²) in [5.74, 6) is 0.527. The van der Waals surface area contributed by atoms with E-state index in [-0.39, 0.29) is 11.7 Å². The van der Waals surface area contributed by atoms with E-state index in [1.165, 1.54) is 13.2 Å². The molecule has 1 aromatic carbocycles. The molecule has 0 saturated heterocycles. The van der Waals surface area contributed by atoms with Crippen molar-refractivity contribution in [2.24, 2.45) is 5.73 Å². The smallest absolute Gasteiger partial charge is 0.239 e. The average Bonchev–Trinajstić information content (AvgIpc) is 2.49. The minimum Gasteiger partial charge on any atom is -0.494 e. The molecular formula is C15H23FN2O2S. The standard InChI is InChI=1S/C15H23FN2O2S/c1-4-18(15(19)13(17)7-8-21-3)10-11-5-6-14(20-2)12(16)9-11/h5-6,9,13H,4,7-8,10,17H2,1-3H3/t13-/m0/s1. The van der Waals surface area contributed by atoms with Crippen molar-refractivity contribution in [2.75, 3.05) is 25.7 Å². The molecule has 2 N–H and O–H groups in total. The van der Waals surface area contributed by atoms with Gasteiger partial charge < -0.3 is 15.4 Å². The fourth-order valence-electron chi connectivity index (χ4n) is 1.98. The van der Waals surface area contributed by atoms with Crippen molar-refractivity contribution in [3.05, 3.63) is 29.6 Å². The van der Waals surface area contributed by atoms with Crippen LogP contribution < -0.4 is 10.5 Å². The summed E-state index contributed by atoms with van der Waals surface area (Å²) in [6, 6.07) is 4.21. The minimum absolute atomic E-state index is 0.0947. The van der Waals surface area contributed by atoms with Crippen LogP contribution in [0.3, 0.4) is 0 Å². The average molecular weight is 314 g/mol. The van der Waals surface area contributed by atoms with Crippen LogP contribution in [0.15, 0.2) is 18.2 Å². The summed E-state index contributed by atoms with van der Waals surface area (Å²) in [5.41, 5.74) is 6.63. The highest BCUT2D eigenvalue weighted by atomic mass is 32.2. The van der Waals surface area contributed by atoms with E-state index in [2.05, 4.69) is 0 Å². The Morgan fingerprint density at radius 1 is 1.52 bits per heavy atom. The molecule has 1 rings (SSSR count). The zero-order valence-electron chi connectivity index (χ0n) is 12.8. The van der Waals surface area contributed by atoms with Gasteiger partial charge >= 0.3 is 0 Å². The highest BCUT2D eigenvalue weighted by molar-refractivity contribution is 7.98. The molecule has 1 atom stereocenters. The largest absolute Gasteiger partial charge is 0.494 e. The van der Waals surface area contributed by atoms with Crippen molar-refractivity contribution in [3.8, 4) is 5.75 Å². The predicted molar refractivity (Wildman–Crippen MR) is 85.0 cm³/mol. The third kappa shape index (κ3) is 5.21. The van der Waals surface area contributed by atoms with Crippen molar-refractivity contribution < 1.29 is 13.9 Å². The van der Waals surface area contributed by atoms with Gasteiger partial charge in [-0.15, -0.1) is 0 Å². The number of amides is 1. The molecule has 0 aliphatic rings. The van der Waals surface area contributed by atoms with Crippen LogP contribution in [0.25, 0.3) is 0 Å². The Balaban J connectivity index is 2.73. The Kier molecular flexibility index (Phi) is 7.53. The lowest BCUT2D eigenvalue weighted by Gasteiger charge is -2.24. The monoisotopic (exact) mass is 314 g/mol. The number of carbonyl (C=O) groups is 1. The van der Waals surface area contributed by atoms with Gasteiger partial charge in [-0.05, 0) is 43.0 Å². The van der Waals surface area contributed by atoms with E-state index in [1.54, 1.807) is 28.8 Å². The van der Waals surface area contributed by atoms with Crippen LogP contribution in [0.2, 0.25) is 0 Å². The highest BCUT2D eigenvalue weighted by Gasteiger charge is 2.20. The lowest BCUT2D eigenvalue weighted by atomic mass is 10.1. The summed E-state index contributed by atoms with van der Waals surface area (Å²) in [6.07, 6.45) is 2.63. The van der Waals surface area contributed by atoms with Crippen molar-refractivity contribution >= 4 is 17.7 Å². The number of ether oxygens (including phenoxy) is 1. The number of benzene rings is 1. The number of thioether (sulfide) groups is 1. The van der Waals surface area contributed by atoms with Crippen molar-refractivity contribution in [1.29, 1.82) is 0 Å². The Labute approximate surface area is 129 Å². The molecule has 0 aliphatic carbocycles. The first kappa shape index (κ1) is 17.8. The number of methoxy groups -OCH3 is 1. The van der Waals surface area contributed by atoms with Gasteiger partial charge in [-0.1, -0.05) is 6.07 Å². The molecule has 0 unspecified atom stereocenters. The van der Waals surface area contributed by atoms with Gasteiger partial charge in [-0.2, -0.15) is 11.8 Å². The van der Waals surface area contributed by atoms with Crippen molar-refractivity contribution in [3.63, 3.8) is 0 Å². The summed E-state index contributed by atoms with van der Waals surface area (Å²) in [6.45, 7) is 2.78. The number of hydrogen-bond acceptors (Lipinski definition) is 4. The van der Waals surface area contributed by atoms with Crippen LogP contribution in [0.5, 0.6) is 5.75 Å². The second kappa shape index (κ2) is 8.89. The lowest BCUT2D eigenvalue weighted by Crippen LogP contribution is -2.43. The topological polar surface area (TPSA) is 55.6 Å². The number of hydrogen-bond donors (Lipinski definition) is 1. The SMILES string of the molecule is CCN(Cc1ccc(OC)c(F)c1)C(=O)[C@@H](N)CCSC. The van der Waals surface area contributed by atoms with Crippen LogP contribution in [0, 0.1) is 5.82 Å². The number of nitrogens with zero attached hydrogens (tertiary/aromatic N) is 1. The maximum absolute atomic E-state index is 13.7. The van der Waals surface area contributed by atoms with E-state index in [4.69, 9.17) is 10.5 Å². The molecular weight excluding hydrogens is 291 g/mol. The fourth-order valence-corrected chi connectivity index (χ4v) is 2.47. The summed E-state index contributed by atoms with van der Waals surface area (Å²) < 4.78 is 18.6. The van der Waals surface area contributed by atoms with E-state index in [1.807, 2.05) is 13.2 Å². The van der Waals surface area contributed by atoms with Gasteiger partial charge in [0.15, 0.2) is 11.6 Å². The van der Waals surface area contributed by atoms with Gasteiger partial charge in [0.1, 0.15) is 0 Å². The van der Waals surface area contributed by atoms with Crippen LogP contribution in [0.1, 0.15) is 18.9 Å². The van der Waals surface area contributed by atoms with Crippen molar-refractivity contribution in [2.45, 2.75) is 25.9 Å². The molecule has 0 fully saturated rings. The second-order valence-electron chi connectivity index (χ2n) is 4.71. The van der Waals surface area contributed by atoms with Crippen LogP contribution in [-0.4, -0.2) is 42.5 Å². The molecule has 0 aliphatic heterocycles. The molecule has 6 heteroatoms. The van der Waals surface area contributed by atoms with E-state index in [0.717, 1.165) is 11.3 Å². The third-order valence-electron chi connectivity index (χ3n) is 3.23. The van der Waals surface area contributed by atoms with E-state index >= 15 is 0 Å². The summed E-state index contributed by atoms with van der Waals surface area (Å²) in [7, 11) is 1.42. The molecule has 0 radical (unpaired) electrons. The Bertz CT molecular complexity index is 471. The molecule has 4 nitrogen and oxygen atoms in total. The van der Waals surface area contributed by atoms with Gasteiger partial charge in [0, 0.05) is 13.1 Å². The molecule has 0 heterocycles. The Morgan fingerprint density at radius 3 is 2.76 bits per heavy atom. The maximum Gasteiger partial charge on any atom is 0.239 e. The molecule has 21 heavy (non-hydrogen) atoms. The van der Waals surface area contributed by atoms with Gasteiger partial charge in [0.2, 0.25) is 5.91 Å². The summed E-state index contributed by atoms with van der Waals surface area (Å²) in [5, 5.41) is 0. The minimum atomic E-state index is -0.500. The molecule has 1 aromatic rings. The molecule has 1 amide bonds. The number of likely N-dealkylation sites (N-methyl/N-ethyl adjacent to an activating group) is 1. The molecule has 118 valence electrons. The first-order chi connectivity index (χ1) is 10.0. The van der Waals surface area contributed by atoms with Gasteiger partial charge in [0.05, 0.1) is 13.2 Å². The number of halogens is 1. The first-order valence-electron chi connectivity index (χ1n) is 6.89. The first-order valence-corrected chi connectivity index (χ1v) is 8.28. The van der Waals surface area contributed by atoms with Crippen LogP contribution in [-0.2, 0) is 11.3 Å². The van der Waals surface area contributed by atoms with Gasteiger partial charge in [0.25, 0.3) is 0 Å². The van der Waals surface area contributed by atoms with E-state index < -0.39 is 11.9 Å². The van der Waals surface area contributed by atoms with Crippen molar-refractivity contribution in [1.82, 2.24) is 4.90 Å². The Morgan fingerprint density at radius 2 is 2.24 bits per heavy atom. The molecule has 0 aromatic heterocycles. The quantitative estimate of drug-likeness (QED) is 0.800. The highest BCUT2D eigenvalue weighted by Crippen LogP contribution is 2.19. The molecule has 0 bridgehead atoms. The molecule has 0 spiro atoms. The van der Waals surface area contributed by atoms with E-state index in [0.29, 0.717) is 19.5 Å². The summed E-state index contributed by atoms with van der Waals surface area (Å²) >= 11 is 1.66. The third-order valence-corrected chi connectivity index (χ3v) is 3.88. The zero-order chi connectivity index (χ0) is 15.8. The molecule has 0 saturated carbocycles. The van der Waals surface area contributed by atoms with Gasteiger partial charge in [-0.3, -0.25) is 4.79 Å². The van der Waals surface area contributed by atoms with Gasteiger partial charge in [-0.25, -0.2) is 4.39 Å². The number of nitrogens with two attached hydrogens (primary N) is 1. The normalized spacial score (nSPS) is 12.0. The number of rotatable bonds is 8.